The molecule has 8 bridgehead atoms. The summed E-state index contributed by atoms with van der Waals surface area (Å²) in [5.41, 5.74) is 5.25. The number of hydrazone groups is 1. The Morgan fingerprint density at radius 1 is 0.600 bits per heavy atom. The lowest BCUT2D eigenvalue weighted by Crippen LogP contribution is -2.40. The molecule has 1 aliphatic heterocycles. The lowest BCUT2D eigenvalue weighted by molar-refractivity contribution is 0.0619. The van der Waals surface area contributed by atoms with Crippen molar-refractivity contribution >= 4 is 54.7 Å². The third kappa shape index (κ3) is 7.17. The summed E-state index contributed by atoms with van der Waals surface area (Å²) in [4.78, 5) is 26.2. The quantitative estimate of drug-likeness (QED) is 0.0447. The number of hydrogen-bond acceptors (Lipinski definition) is 12. The minimum absolute atomic E-state index is 0.0295. The van der Waals surface area contributed by atoms with E-state index < -0.39 is 59.8 Å². The summed E-state index contributed by atoms with van der Waals surface area (Å²) in [5, 5.41) is 51.7. The summed E-state index contributed by atoms with van der Waals surface area (Å²) in [6.07, 6.45) is 0.312. The minimum atomic E-state index is -4.90. The number of para-hydroxylation sites is 1. The van der Waals surface area contributed by atoms with Crippen LogP contribution in [0.1, 0.15) is 77.7 Å². The Morgan fingerprint density at radius 2 is 1.02 bits per heavy atom. The van der Waals surface area contributed by atoms with Gasteiger partial charge in [0, 0.05) is 76.4 Å². The van der Waals surface area contributed by atoms with Gasteiger partial charge in [-0.2, -0.15) is 21.9 Å². The Morgan fingerprint density at radius 3 is 1.48 bits per heavy atom. The smallest absolute Gasteiger partial charge is 0.294 e. The Hall–Kier alpha value is -6.79. The van der Waals surface area contributed by atoms with Crippen molar-refractivity contribution in [3.8, 4) is 23.0 Å². The van der Waals surface area contributed by atoms with Gasteiger partial charge >= 0.3 is 0 Å². The van der Waals surface area contributed by atoms with Crippen molar-refractivity contribution in [3.63, 3.8) is 0 Å². The molecule has 0 fully saturated rings. The molecule has 0 atom stereocenters. The van der Waals surface area contributed by atoms with Crippen LogP contribution in [0.3, 0.4) is 0 Å². The van der Waals surface area contributed by atoms with Gasteiger partial charge in [0.05, 0.1) is 21.7 Å². The monoisotopic (exact) mass is 849 g/mol. The maximum Gasteiger partial charge on any atom is 0.294 e. The molecule has 306 valence electrons. The molecule has 2 aliphatic rings. The van der Waals surface area contributed by atoms with Crippen molar-refractivity contribution in [1.29, 1.82) is 0 Å². The molecule has 0 aromatic heterocycles. The Labute approximate surface area is 343 Å². The maximum atomic E-state index is 13.1. The van der Waals surface area contributed by atoms with E-state index in [2.05, 4.69) is 10.5 Å². The number of fused-ring (bicyclic) bond motifs is 8. The molecule has 7 N–H and O–H groups in total. The van der Waals surface area contributed by atoms with Crippen molar-refractivity contribution in [2.24, 2.45) is 5.10 Å². The number of phenolic OH excluding ortho intramolecular Hbond substituents is 4. The van der Waals surface area contributed by atoms with E-state index in [0.29, 0.717) is 38.7 Å². The van der Waals surface area contributed by atoms with Crippen molar-refractivity contribution in [3.05, 3.63) is 146 Å². The van der Waals surface area contributed by atoms with Gasteiger partial charge in [-0.25, -0.2) is 0 Å². The van der Waals surface area contributed by atoms with E-state index >= 15 is 0 Å². The number of amides is 2. The van der Waals surface area contributed by atoms with Crippen LogP contribution in [0.5, 0.6) is 23.0 Å². The fourth-order valence-electron chi connectivity index (χ4n) is 7.88. The molecular formula is C43H35N3O12S2. The zero-order valence-electron chi connectivity index (χ0n) is 31.5. The van der Waals surface area contributed by atoms with Crippen molar-refractivity contribution in [2.45, 2.75) is 42.4 Å². The summed E-state index contributed by atoms with van der Waals surface area (Å²) in [7, 11) is -9.75. The Balaban J connectivity index is 1.26. The van der Waals surface area contributed by atoms with Crippen LogP contribution in [0.2, 0.25) is 0 Å². The van der Waals surface area contributed by atoms with E-state index in [-0.39, 0.29) is 76.3 Å². The first-order chi connectivity index (χ1) is 28.4. The number of imide groups is 1. The van der Waals surface area contributed by atoms with Gasteiger partial charge in [-0.05, 0) is 89.3 Å². The summed E-state index contributed by atoms with van der Waals surface area (Å²) >= 11 is 0. The van der Waals surface area contributed by atoms with Gasteiger partial charge < -0.3 is 20.4 Å². The molecule has 1 heterocycles. The lowest BCUT2D eigenvalue weighted by Gasteiger charge is -2.26. The van der Waals surface area contributed by atoms with Crippen molar-refractivity contribution in [1.82, 2.24) is 4.90 Å². The van der Waals surface area contributed by atoms with E-state index in [0.717, 1.165) is 24.3 Å². The SMILES string of the molecule is CCN1C(=O)c2cccc3c(N/N=C/c4cc5c(O)c(c4)Cc4cc(S(=O)(=O)O)cc(c4O)Cc4cc(S(=O)(=O)O)cc(c4O)Cc4cccc(c4O)C5)ccc(c23)C1=O. The number of aromatic hydroxyl groups is 4. The number of phenols is 4. The van der Waals surface area contributed by atoms with Crippen LogP contribution in [-0.2, 0) is 45.9 Å². The average Bonchev–Trinajstić information content (AvgIpc) is 3.19. The third-order valence-electron chi connectivity index (χ3n) is 10.8. The minimum Gasteiger partial charge on any atom is -0.507 e. The molecule has 2 amide bonds. The molecular weight excluding hydrogens is 815 g/mol. The number of rotatable bonds is 6. The predicted molar refractivity (Wildman–Crippen MR) is 219 cm³/mol. The normalized spacial score (nSPS) is 14.2. The molecule has 17 heteroatoms. The number of carbonyl (C=O) groups is 2. The highest BCUT2D eigenvalue weighted by atomic mass is 32.2. The molecule has 8 rings (SSSR count). The predicted octanol–water partition coefficient (Wildman–Crippen LogP) is 5.89. The first-order valence-corrected chi connectivity index (χ1v) is 21.3. The van der Waals surface area contributed by atoms with Crippen LogP contribution < -0.4 is 5.43 Å². The second kappa shape index (κ2) is 14.8. The third-order valence-corrected chi connectivity index (χ3v) is 12.5. The van der Waals surface area contributed by atoms with Gasteiger partial charge in [-0.1, -0.05) is 30.3 Å². The standard InChI is InChI=1S/C43H35N3O12S2/c1-2-46-42(51)34-8-4-7-33-36(10-9-35(37(33)34)43(46)52)45-44-21-22-11-25-13-23-5-3-6-24(38(23)47)14-27-17-31(59(53,54)55)19-29(40(27)49)16-30-20-32(60(56,57)58)18-28(41(30)50)15-26(12-22)39(25)48/h3-12,17-21,45,47-50H,2,13-16H2,1H3,(H,53,54,55)(H,56,57,58)/b44-21+. The number of nitrogens with one attached hydrogen (secondary N) is 1. The molecule has 0 spiro atoms. The number of hydrogen-bond donors (Lipinski definition) is 7. The highest BCUT2D eigenvalue weighted by molar-refractivity contribution is 7.86. The molecule has 6 aromatic rings. The second-order valence-corrected chi connectivity index (χ2v) is 17.4. The fourth-order valence-corrected chi connectivity index (χ4v) is 9.05. The summed E-state index contributed by atoms with van der Waals surface area (Å²) in [6, 6.07) is 20.3. The maximum absolute atomic E-state index is 13.1. The molecule has 15 nitrogen and oxygen atoms in total. The molecule has 0 radical (unpaired) electrons. The molecule has 1 aliphatic carbocycles. The Bertz CT molecular complexity index is 3090. The first-order valence-electron chi connectivity index (χ1n) is 18.4. The van der Waals surface area contributed by atoms with E-state index in [9.17, 15) is 56.0 Å². The van der Waals surface area contributed by atoms with Gasteiger partial charge in [0.2, 0.25) is 0 Å². The first kappa shape index (κ1) is 40.0. The lowest BCUT2D eigenvalue weighted by atomic mass is 9.90. The van der Waals surface area contributed by atoms with Crippen LogP contribution in [0, 0.1) is 0 Å². The number of carbonyl (C=O) groups excluding carboxylic acids is 2. The molecule has 0 saturated heterocycles. The summed E-state index contributed by atoms with van der Waals surface area (Å²) in [5.74, 6) is -2.22. The van der Waals surface area contributed by atoms with E-state index in [1.54, 1.807) is 61.5 Å². The van der Waals surface area contributed by atoms with Gasteiger partial charge in [-0.15, -0.1) is 0 Å². The second-order valence-electron chi connectivity index (χ2n) is 14.6. The molecule has 0 unspecified atom stereocenters. The zero-order chi connectivity index (χ0) is 42.8. The highest BCUT2D eigenvalue weighted by Crippen LogP contribution is 2.40. The topological polar surface area (TPSA) is 251 Å². The van der Waals surface area contributed by atoms with Gasteiger partial charge in [0.15, 0.2) is 0 Å². The van der Waals surface area contributed by atoms with E-state index in [4.69, 9.17) is 0 Å². The van der Waals surface area contributed by atoms with Crippen molar-refractivity contribution < 1.29 is 56.0 Å². The van der Waals surface area contributed by atoms with Crippen LogP contribution in [0.25, 0.3) is 10.8 Å². The number of benzene rings is 6. The molecule has 60 heavy (non-hydrogen) atoms. The summed E-state index contributed by atoms with van der Waals surface area (Å²) in [6.45, 7) is 1.93. The van der Waals surface area contributed by atoms with Gasteiger partial charge in [-0.3, -0.25) is 29.0 Å². The Kier molecular flexibility index (Phi) is 9.86. The summed E-state index contributed by atoms with van der Waals surface area (Å²) < 4.78 is 69.8. The zero-order valence-corrected chi connectivity index (χ0v) is 33.2. The fraction of sp³-hybridized carbons (Fsp3) is 0.140. The van der Waals surface area contributed by atoms with Crippen LogP contribution in [0.15, 0.2) is 99.8 Å². The van der Waals surface area contributed by atoms with E-state index in [1.807, 2.05) is 0 Å². The highest BCUT2D eigenvalue weighted by Gasteiger charge is 2.32. The number of nitrogens with zero attached hydrogens (tertiary/aromatic N) is 2. The number of anilines is 1. The van der Waals surface area contributed by atoms with Crippen LogP contribution >= 0.6 is 0 Å². The average molecular weight is 850 g/mol. The largest absolute Gasteiger partial charge is 0.507 e. The van der Waals surface area contributed by atoms with Gasteiger partial charge in [0.1, 0.15) is 23.0 Å². The molecule has 6 aromatic carbocycles. The van der Waals surface area contributed by atoms with E-state index in [1.165, 1.54) is 17.2 Å². The molecule has 0 saturated carbocycles. The van der Waals surface area contributed by atoms with Gasteiger partial charge in [0.25, 0.3) is 32.1 Å². The van der Waals surface area contributed by atoms with Crippen LogP contribution in [0.4, 0.5) is 5.69 Å². The van der Waals surface area contributed by atoms with Crippen LogP contribution in [-0.4, -0.2) is 75.8 Å². The van der Waals surface area contributed by atoms with Crippen molar-refractivity contribution in [2.75, 3.05) is 12.0 Å².